The molecule has 0 fully saturated rings. The van der Waals surface area contributed by atoms with Crippen molar-refractivity contribution in [2.24, 2.45) is 0 Å². The second-order valence-electron chi connectivity index (χ2n) is 6.85. The van der Waals surface area contributed by atoms with Gasteiger partial charge in [-0.1, -0.05) is 45.0 Å². The first-order valence-corrected chi connectivity index (χ1v) is 8.43. The highest BCUT2D eigenvalue weighted by Gasteiger charge is 2.17. The monoisotopic (exact) mass is 325 g/mol. The summed E-state index contributed by atoms with van der Waals surface area (Å²) in [6.45, 7) is 10.7. The van der Waals surface area contributed by atoms with Crippen LogP contribution in [0.5, 0.6) is 5.75 Å². The topological polar surface area (TPSA) is 38.3 Å². The highest BCUT2D eigenvalue weighted by molar-refractivity contribution is 5.92. The molecule has 0 saturated carbocycles. The van der Waals surface area contributed by atoms with E-state index in [9.17, 15) is 4.79 Å². The maximum atomic E-state index is 12.1. The minimum absolute atomic E-state index is 0.00387. The molecule has 24 heavy (non-hydrogen) atoms. The average Bonchev–Trinajstić information content (AvgIpc) is 2.57. The highest BCUT2D eigenvalue weighted by Crippen LogP contribution is 2.28. The molecule has 128 valence electrons. The molecule has 2 aromatic carbocycles. The molecule has 0 aliphatic heterocycles. The molecular weight excluding hydrogens is 298 g/mol. The molecule has 0 aliphatic rings. The van der Waals surface area contributed by atoms with Gasteiger partial charge in [0.2, 0.25) is 0 Å². The van der Waals surface area contributed by atoms with Gasteiger partial charge in [-0.25, -0.2) is 0 Å². The van der Waals surface area contributed by atoms with Crippen LogP contribution in [-0.2, 0) is 10.2 Å². The van der Waals surface area contributed by atoms with Crippen LogP contribution < -0.4 is 10.1 Å². The lowest BCUT2D eigenvalue weighted by Crippen LogP contribution is -2.21. The molecule has 0 spiro atoms. The molecule has 1 amide bonds. The van der Waals surface area contributed by atoms with Gasteiger partial charge in [-0.05, 0) is 60.6 Å². The zero-order chi connectivity index (χ0) is 17.7. The number of anilines is 1. The maximum Gasteiger partial charge on any atom is 0.262 e. The van der Waals surface area contributed by atoms with Crippen LogP contribution in [0.25, 0.3) is 0 Å². The first-order valence-electron chi connectivity index (χ1n) is 8.43. The van der Waals surface area contributed by atoms with Gasteiger partial charge in [0.15, 0.2) is 6.61 Å². The number of carbonyl (C=O) groups is 1. The van der Waals surface area contributed by atoms with Gasteiger partial charge >= 0.3 is 0 Å². The summed E-state index contributed by atoms with van der Waals surface area (Å²) in [5.41, 5.74) is 4.50. The van der Waals surface area contributed by atoms with Crippen LogP contribution in [0, 0.1) is 13.8 Å². The second-order valence-corrected chi connectivity index (χ2v) is 6.85. The zero-order valence-corrected chi connectivity index (χ0v) is 15.3. The second kappa shape index (κ2) is 7.52. The Morgan fingerprint density at radius 2 is 1.75 bits per heavy atom. The van der Waals surface area contributed by atoms with Crippen molar-refractivity contribution in [3.8, 4) is 5.75 Å². The largest absolute Gasteiger partial charge is 0.484 e. The normalized spacial score (nSPS) is 11.2. The lowest BCUT2D eigenvalue weighted by Gasteiger charge is -2.23. The van der Waals surface area contributed by atoms with E-state index in [2.05, 4.69) is 38.2 Å². The minimum atomic E-state index is -0.151. The van der Waals surface area contributed by atoms with Crippen LogP contribution in [-0.4, -0.2) is 12.5 Å². The van der Waals surface area contributed by atoms with E-state index in [4.69, 9.17) is 4.74 Å². The van der Waals surface area contributed by atoms with E-state index in [1.807, 2.05) is 44.2 Å². The van der Waals surface area contributed by atoms with Gasteiger partial charge in [-0.3, -0.25) is 4.79 Å². The third-order valence-corrected chi connectivity index (χ3v) is 4.77. The highest BCUT2D eigenvalue weighted by atomic mass is 16.5. The van der Waals surface area contributed by atoms with Gasteiger partial charge in [-0.2, -0.15) is 0 Å². The number of aryl methyl sites for hydroxylation is 1. The fraction of sp³-hybridized carbons (Fsp3) is 0.381. The van der Waals surface area contributed by atoms with Crippen LogP contribution in [0.3, 0.4) is 0 Å². The quantitative estimate of drug-likeness (QED) is 0.811. The van der Waals surface area contributed by atoms with Crippen molar-refractivity contribution >= 4 is 11.6 Å². The number of amides is 1. The molecule has 2 aromatic rings. The SMILES string of the molecule is CCC(C)(C)c1ccc(OCC(=O)Nc2cccc(C)c2C)cc1. The van der Waals surface area contributed by atoms with E-state index in [0.29, 0.717) is 5.75 Å². The number of hydrogen-bond donors (Lipinski definition) is 1. The van der Waals surface area contributed by atoms with Gasteiger partial charge in [0.1, 0.15) is 5.75 Å². The van der Waals surface area contributed by atoms with Gasteiger partial charge in [0.25, 0.3) is 5.91 Å². The summed E-state index contributed by atoms with van der Waals surface area (Å²) in [6, 6.07) is 13.9. The van der Waals surface area contributed by atoms with Gasteiger partial charge in [0, 0.05) is 5.69 Å². The first kappa shape index (κ1) is 18.1. The van der Waals surface area contributed by atoms with Crippen molar-refractivity contribution in [2.45, 2.75) is 46.5 Å². The lowest BCUT2D eigenvalue weighted by molar-refractivity contribution is -0.118. The summed E-state index contributed by atoms with van der Waals surface area (Å²) in [5, 5.41) is 2.90. The van der Waals surface area contributed by atoms with E-state index in [-0.39, 0.29) is 17.9 Å². The summed E-state index contributed by atoms with van der Waals surface area (Å²) in [7, 11) is 0. The molecule has 0 saturated heterocycles. The molecular formula is C21H27NO2. The molecule has 3 heteroatoms. The Hall–Kier alpha value is -2.29. The number of ether oxygens (including phenoxy) is 1. The fourth-order valence-corrected chi connectivity index (χ4v) is 2.43. The number of carbonyl (C=O) groups excluding carboxylic acids is 1. The van der Waals surface area contributed by atoms with E-state index < -0.39 is 0 Å². The van der Waals surface area contributed by atoms with Crippen molar-refractivity contribution in [3.05, 3.63) is 59.2 Å². The summed E-state index contributed by atoms with van der Waals surface area (Å²) in [4.78, 5) is 12.1. The molecule has 0 radical (unpaired) electrons. The van der Waals surface area contributed by atoms with E-state index in [1.165, 1.54) is 5.56 Å². The summed E-state index contributed by atoms with van der Waals surface area (Å²) in [6.07, 6.45) is 1.07. The van der Waals surface area contributed by atoms with Crippen molar-refractivity contribution in [1.82, 2.24) is 0 Å². The smallest absolute Gasteiger partial charge is 0.262 e. The fourth-order valence-electron chi connectivity index (χ4n) is 2.43. The van der Waals surface area contributed by atoms with Crippen molar-refractivity contribution in [2.75, 3.05) is 11.9 Å². The maximum absolute atomic E-state index is 12.1. The van der Waals surface area contributed by atoms with Crippen molar-refractivity contribution in [3.63, 3.8) is 0 Å². The van der Waals surface area contributed by atoms with E-state index in [0.717, 1.165) is 23.2 Å². The Morgan fingerprint density at radius 1 is 1.08 bits per heavy atom. The molecule has 0 atom stereocenters. The van der Waals surface area contributed by atoms with Gasteiger partial charge < -0.3 is 10.1 Å². The Balaban J connectivity index is 1.93. The first-order chi connectivity index (χ1) is 11.3. The van der Waals surface area contributed by atoms with Crippen molar-refractivity contribution in [1.29, 1.82) is 0 Å². The number of nitrogens with one attached hydrogen (secondary N) is 1. The molecule has 0 aromatic heterocycles. The minimum Gasteiger partial charge on any atom is -0.484 e. The predicted molar refractivity (Wildman–Crippen MR) is 99.8 cm³/mol. The van der Waals surface area contributed by atoms with Crippen LogP contribution in [0.1, 0.15) is 43.9 Å². The third kappa shape index (κ3) is 4.38. The number of benzene rings is 2. The van der Waals surface area contributed by atoms with E-state index in [1.54, 1.807) is 0 Å². The van der Waals surface area contributed by atoms with Crippen LogP contribution >= 0.6 is 0 Å². The molecule has 0 aliphatic carbocycles. The summed E-state index contributed by atoms with van der Waals surface area (Å²) >= 11 is 0. The molecule has 0 unspecified atom stereocenters. The third-order valence-electron chi connectivity index (χ3n) is 4.77. The van der Waals surface area contributed by atoms with Crippen molar-refractivity contribution < 1.29 is 9.53 Å². The average molecular weight is 325 g/mol. The Bertz CT molecular complexity index is 702. The molecule has 3 nitrogen and oxygen atoms in total. The number of rotatable bonds is 6. The van der Waals surface area contributed by atoms with E-state index >= 15 is 0 Å². The van der Waals surface area contributed by atoms with Crippen LogP contribution in [0.4, 0.5) is 5.69 Å². The molecule has 0 bridgehead atoms. The molecule has 0 heterocycles. The Morgan fingerprint density at radius 3 is 2.38 bits per heavy atom. The lowest BCUT2D eigenvalue weighted by atomic mass is 9.82. The number of hydrogen-bond acceptors (Lipinski definition) is 2. The predicted octanol–water partition coefficient (Wildman–Crippen LogP) is 5.01. The molecule has 2 rings (SSSR count). The zero-order valence-electron chi connectivity index (χ0n) is 15.3. The standard InChI is InChI=1S/C21H27NO2/c1-6-21(4,5)17-10-12-18(13-11-17)24-14-20(23)22-19-9-7-8-15(2)16(19)3/h7-13H,6,14H2,1-5H3,(H,22,23). The van der Waals surface area contributed by atoms with Crippen LogP contribution in [0.2, 0.25) is 0 Å². The Kier molecular flexibility index (Phi) is 5.66. The van der Waals surface area contributed by atoms with Crippen LogP contribution in [0.15, 0.2) is 42.5 Å². The molecule has 1 N–H and O–H groups in total. The van der Waals surface area contributed by atoms with Gasteiger partial charge in [-0.15, -0.1) is 0 Å². The summed E-state index contributed by atoms with van der Waals surface area (Å²) in [5.74, 6) is 0.559. The summed E-state index contributed by atoms with van der Waals surface area (Å²) < 4.78 is 5.60. The van der Waals surface area contributed by atoms with Gasteiger partial charge in [0.05, 0.1) is 0 Å². The Labute approximate surface area is 145 Å².